The summed E-state index contributed by atoms with van der Waals surface area (Å²) < 4.78 is 5.36. The molecule has 6 heteroatoms. The number of rotatable bonds is 3. The van der Waals surface area contributed by atoms with Gasteiger partial charge in [-0.1, -0.05) is 18.0 Å². The highest BCUT2D eigenvalue weighted by molar-refractivity contribution is 7.09. The number of hydrogen-bond donors (Lipinski definition) is 1. The number of hydrogen-bond acceptors (Lipinski definition) is 5. The minimum atomic E-state index is -0.0274. The predicted octanol–water partition coefficient (Wildman–Crippen LogP) is 3.93. The Hall–Kier alpha value is -2.21. The Balaban J connectivity index is 1.67. The molecule has 1 aromatic carbocycles. The van der Waals surface area contributed by atoms with E-state index in [4.69, 9.17) is 4.52 Å². The molecule has 3 aromatic rings. The van der Waals surface area contributed by atoms with E-state index < -0.39 is 0 Å². The molecule has 118 valence electrons. The average molecular weight is 327 g/mol. The van der Waals surface area contributed by atoms with E-state index in [-0.39, 0.29) is 5.91 Å². The van der Waals surface area contributed by atoms with Crippen LogP contribution < -0.4 is 5.32 Å². The Bertz CT molecular complexity index is 862. The molecular weight excluding hydrogens is 310 g/mol. The number of aryl methyl sites for hydroxylation is 1. The lowest BCUT2D eigenvalue weighted by molar-refractivity contribution is 0.0938. The Kier molecular flexibility index (Phi) is 3.61. The number of benzene rings is 1. The Morgan fingerprint density at radius 3 is 2.91 bits per heavy atom. The topological polar surface area (TPSA) is 68.0 Å². The van der Waals surface area contributed by atoms with Gasteiger partial charge in [0.15, 0.2) is 5.58 Å². The second-order valence-corrected chi connectivity index (χ2v) is 7.01. The zero-order valence-electron chi connectivity index (χ0n) is 12.8. The fraction of sp³-hybridized carbons (Fsp3) is 0.353. The van der Waals surface area contributed by atoms with Gasteiger partial charge >= 0.3 is 0 Å². The molecule has 1 N–H and O–H groups in total. The normalized spacial score (nSPS) is 15.3. The van der Waals surface area contributed by atoms with Gasteiger partial charge in [-0.2, -0.15) is 0 Å². The number of carbonyl (C=O) groups is 1. The Labute approximate surface area is 137 Å². The highest BCUT2D eigenvalue weighted by atomic mass is 32.1. The van der Waals surface area contributed by atoms with Crippen LogP contribution in [0.3, 0.4) is 0 Å². The molecule has 1 saturated carbocycles. The quantitative estimate of drug-likeness (QED) is 0.791. The van der Waals surface area contributed by atoms with E-state index in [9.17, 15) is 4.79 Å². The average Bonchev–Trinajstić information content (AvgIpc) is 3.26. The monoisotopic (exact) mass is 327 g/mol. The van der Waals surface area contributed by atoms with Crippen molar-refractivity contribution in [2.45, 2.75) is 38.6 Å². The van der Waals surface area contributed by atoms with Gasteiger partial charge in [0, 0.05) is 17.0 Å². The molecule has 1 aliphatic carbocycles. The molecule has 23 heavy (non-hydrogen) atoms. The molecule has 0 radical (unpaired) electrons. The molecule has 2 aromatic heterocycles. The maximum atomic E-state index is 12.4. The molecule has 0 unspecified atom stereocenters. The summed E-state index contributed by atoms with van der Waals surface area (Å²) in [4.78, 5) is 16.9. The lowest BCUT2D eigenvalue weighted by Crippen LogP contribution is -2.32. The largest absolute Gasteiger partial charge is 0.356 e. The van der Waals surface area contributed by atoms with Gasteiger partial charge in [0.1, 0.15) is 11.4 Å². The highest BCUT2D eigenvalue weighted by Gasteiger charge is 2.19. The number of nitrogens with one attached hydrogen (secondary N) is 1. The van der Waals surface area contributed by atoms with Gasteiger partial charge in [0.25, 0.3) is 5.91 Å². The van der Waals surface area contributed by atoms with Crippen LogP contribution in [0.4, 0.5) is 0 Å². The van der Waals surface area contributed by atoms with Crippen molar-refractivity contribution in [3.63, 3.8) is 0 Å². The van der Waals surface area contributed by atoms with E-state index in [1.165, 1.54) is 12.8 Å². The fourth-order valence-electron chi connectivity index (χ4n) is 3.08. The van der Waals surface area contributed by atoms with Crippen molar-refractivity contribution in [3.8, 4) is 11.4 Å². The van der Waals surface area contributed by atoms with Crippen LogP contribution in [0.1, 0.15) is 41.0 Å². The van der Waals surface area contributed by atoms with Gasteiger partial charge < -0.3 is 9.84 Å². The number of fused-ring (bicyclic) bond motifs is 1. The summed E-state index contributed by atoms with van der Waals surface area (Å²) in [5.41, 5.74) is 2.79. The molecule has 1 amide bonds. The summed E-state index contributed by atoms with van der Waals surface area (Å²) >= 11 is 1.57. The zero-order chi connectivity index (χ0) is 15.8. The van der Waals surface area contributed by atoms with Gasteiger partial charge in [0.05, 0.1) is 10.4 Å². The Morgan fingerprint density at radius 1 is 1.35 bits per heavy atom. The summed E-state index contributed by atoms with van der Waals surface area (Å²) in [5, 5.41) is 11.0. The lowest BCUT2D eigenvalue weighted by atomic mass is 10.1. The van der Waals surface area contributed by atoms with E-state index in [2.05, 4.69) is 15.5 Å². The molecular formula is C17H17N3O2S. The van der Waals surface area contributed by atoms with E-state index in [1.807, 2.05) is 18.4 Å². The summed E-state index contributed by atoms with van der Waals surface area (Å²) in [7, 11) is 0. The van der Waals surface area contributed by atoms with Crippen molar-refractivity contribution in [3.05, 3.63) is 34.2 Å². The number of thiazole rings is 1. The summed E-state index contributed by atoms with van der Waals surface area (Å²) in [5.74, 6) is -0.0274. The van der Waals surface area contributed by atoms with Crippen LogP contribution in [0.15, 0.2) is 28.1 Å². The van der Waals surface area contributed by atoms with Gasteiger partial charge in [-0.25, -0.2) is 4.98 Å². The van der Waals surface area contributed by atoms with E-state index in [0.717, 1.165) is 28.9 Å². The number of nitrogens with zero attached hydrogens (tertiary/aromatic N) is 2. The molecule has 0 aliphatic heterocycles. The summed E-state index contributed by atoms with van der Waals surface area (Å²) in [6.07, 6.45) is 4.54. The molecule has 0 bridgehead atoms. The van der Waals surface area contributed by atoms with Gasteiger partial charge in [-0.05, 0) is 38.0 Å². The minimum Gasteiger partial charge on any atom is -0.356 e. The van der Waals surface area contributed by atoms with E-state index in [1.54, 1.807) is 23.5 Å². The van der Waals surface area contributed by atoms with Crippen LogP contribution in [0.25, 0.3) is 22.4 Å². The second kappa shape index (κ2) is 5.77. The summed E-state index contributed by atoms with van der Waals surface area (Å²) in [6, 6.07) is 5.74. The molecule has 1 fully saturated rings. The first-order valence-corrected chi connectivity index (χ1v) is 8.71. The van der Waals surface area contributed by atoms with Crippen LogP contribution in [-0.2, 0) is 0 Å². The van der Waals surface area contributed by atoms with E-state index in [0.29, 0.717) is 22.9 Å². The number of carbonyl (C=O) groups excluding carboxylic acids is 1. The number of aromatic nitrogens is 2. The lowest BCUT2D eigenvalue weighted by Gasteiger charge is -2.11. The van der Waals surface area contributed by atoms with Crippen LogP contribution in [0.2, 0.25) is 0 Å². The molecule has 5 nitrogen and oxygen atoms in total. The molecule has 0 saturated heterocycles. The molecule has 2 heterocycles. The second-order valence-electron chi connectivity index (χ2n) is 5.95. The van der Waals surface area contributed by atoms with E-state index >= 15 is 0 Å². The van der Waals surface area contributed by atoms with Gasteiger partial charge in [-0.15, -0.1) is 11.3 Å². The van der Waals surface area contributed by atoms with Crippen molar-refractivity contribution >= 4 is 28.2 Å². The zero-order valence-corrected chi connectivity index (χ0v) is 13.7. The first-order valence-electron chi connectivity index (χ1n) is 7.83. The highest BCUT2D eigenvalue weighted by Crippen LogP contribution is 2.29. The minimum absolute atomic E-state index is 0.0274. The molecule has 0 atom stereocenters. The van der Waals surface area contributed by atoms with Crippen molar-refractivity contribution in [1.82, 2.24) is 15.5 Å². The third kappa shape index (κ3) is 2.74. The van der Waals surface area contributed by atoms with Gasteiger partial charge in [0.2, 0.25) is 0 Å². The molecule has 1 aliphatic rings. The van der Waals surface area contributed by atoms with Crippen molar-refractivity contribution in [1.29, 1.82) is 0 Å². The number of amides is 1. The van der Waals surface area contributed by atoms with Crippen molar-refractivity contribution in [2.75, 3.05) is 0 Å². The first-order chi connectivity index (χ1) is 11.2. The maximum Gasteiger partial charge on any atom is 0.251 e. The standard InChI is InChI=1S/C17H17N3O2S/c1-10-18-14(9-23-10)16-13-8-11(6-7-15(13)22-20-16)17(21)19-12-4-2-3-5-12/h6-9,12H,2-5H2,1H3,(H,19,21). The fourth-order valence-corrected chi connectivity index (χ4v) is 3.67. The van der Waals surface area contributed by atoms with Crippen LogP contribution >= 0.6 is 11.3 Å². The Morgan fingerprint density at radius 2 is 2.17 bits per heavy atom. The van der Waals surface area contributed by atoms with Crippen LogP contribution in [-0.4, -0.2) is 22.1 Å². The summed E-state index contributed by atoms with van der Waals surface area (Å²) in [6.45, 7) is 1.96. The van der Waals surface area contributed by atoms with Crippen LogP contribution in [0.5, 0.6) is 0 Å². The molecule has 4 rings (SSSR count). The maximum absolute atomic E-state index is 12.4. The SMILES string of the molecule is Cc1nc(-c2noc3ccc(C(=O)NC4CCCC4)cc23)cs1. The predicted molar refractivity (Wildman–Crippen MR) is 89.6 cm³/mol. The van der Waals surface area contributed by atoms with Crippen LogP contribution in [0, 0.1) is 6.92 Å². The third-order valence-corrected chi connectivity index (χ3v) is 5.06. The smallest absolute Gasteiger partial charge is 0.251 e. The van der Waals surface area contributed by atoms with Crippen molar-refractivity contribution in [2.24, 2.45) is 0 Å². The van der Waals surface area contributed by atoms with Gasteiger partial charge in [-0.3, -0.25) is 4.79 Å². The molecule has 0 spiro atoms. The van der Waals surface area contributed by atoms with Crippen molar-refractivity contribution < 1.29 is 9.32 Å². The first kappa shape index (κ1) is 14.4. The third-order valence-electron chi connectivity index (χ3n) is 4.28.